The molecule has 2 heteroatoms. The van der Waals surface area contributed by atoms with E-state index in [0.29, 0.717) is 6.04 Å². The Morgan fingerprint density at radius 3 is 2.53 bits per heavy atom. The smallest absolute Gasteiger partial charge is 0.0629 e. The summed E-state index contributed by atoms with van der Waals surface area (Å²) in [5, 5.41) is 3.46. The lowest BCUT2D eigenvalue weighted by Crippen LogP contribution is -2.42. The molecule has 17 heavy (non-hydrogen) atoms. The first-order chi connectivity index (χ1) is 7.96. The Morgan fingerprint density at radius 2 is 2.00 bits per heavy atom. The van der Waals surface area contributed by atoms with Crippen LogP contribution in [-0.4, -0.2) is 25.3 Å². The molecular formula is C15H31NO. The Balaban J connectivity index is 2.43. The van der Waals surface area contributed by atoms with Crippen molar-refractivity contribution >= 4 is 0 Å². The van der Waals surface area contributed by atoms with Crippen molar-refractivity contribution in [1.82, 2.24) is 5.32 Å². The second-order valence-electron chi connectivity index (χ2n) is 6.52. The highest BCUT2D eigenvalue weighted by Gasteiger charge is 2.27. The maximum atomic E-state index is 5.94. The summed E-state index contributed by atoms with van der Waals surface area (Å²) >= 11 is 0. The van der Waals surface area contributed by atoms with E-state index < -0.39 is 0 Å². The quantitative estimate of drug-likeness (QED) is 0.794. The molecule has 0 saturated heterocycles. The molecule has 0 bridgehead atoms. The molecule has 0 spiro atoms. The number of hydrogen-bond acceptors (Lipinski definition) is 2. The van der Waals surface area contributed by atoms with Crippen molar-refractivity contribution in [2.45, 2.75) is 71.4 Å². The molecule has 1 saturated carbocycles. The summed E-state index contributed by atoms with van der Waals surface area (Å²) in [7, 11) is 2.08. The zero-order valence-electron chi connectivity index (χ0n) is 12.4. The molecule has 0 aliphatic heterocycles. The molecule has 102 valence electrons. The third-order valence-electron chi connectivity index (χ3n) is 4.04. The first-order valence-electron chi connectivity index (χ1n) is 7.27. The average Bonchev–Trinajstić information content (AvgIpc) is 2.29. The standard InChI is InChI=1S/C15H31NO/c1-6-12-8-7-9-13(10-12)14(16-5)11-17-15(2,3)4/h12-14,16H,6-11H2,1-5H3. The summed E-state index contributed by atoms with van der Waals surface area (Å²) in [5.41, 5.74) is -0.0199. The second kappa shape index (κ2) is 6.75. The predicted octanol–water partition coefficient (Wildman–Crippen LogP) is 3.61. The van der Waals surface area contributed by atoms with Crippen LogP contribution in [0.25, 0.3) is 0 Å². The lowest BCUT2D eigenvalue weighted by atomic mass is 9.77. The van der Waals surface area contributed by atoms with Gasteiger partial charge in [-0.1, -0.05) is 26.2 Å². The van der Waals surface area contributed by atoms with Gasteiger partial charge in [-0.2, -0.15) is 0 Å². The van der Waals surface area contributed by atoms with Crippen molar-refractivity contribution in [2.75, 3.05) is 13.7 Å². The van der Waals surface area contributed by atoms with Gasteiger partial charge in [0.25, 0.3) is 0 Å². The number of ether oxygens (including phenoxy) is 1. The molecule has 2 nitrogen and oxygen atoms in total. The fourth-order valence-electron chi connectivity index (χ4n) is 2.86. The third-order valence-corrected chi connectivity index (χ3v) is 4.04. The van der Waals surface area contributed by atoms with E-state index in [0.717, 1.165) is 18.4 Å². The van der Waals surface area contributed by atoms with Crippen LogP contribution in [0.1, 0.15) is 59.8 Å². The molecular weight excluding hydrogens is 210 g/mol. The summed E-state index contributed by atoms with van der Waals surface area (Å²) < 4.78 is 5.94. The van der Waals surface area contributed by atoms with Gasteiger partial charge in [0.1, 0.15) is 0 Å². The predicted molar refractivity (Wildman–Crippen MR) is 74.3 cm³/mol. The maximum absolute atomic E-state index is 5.94. The highest BCUT2D eigenvalue weighted by Crippen LogP contribution is 2.33. The van der Waals surface area contributed by atoms with Crippen molar-refractivity contribution < 1.29 is 4.74 Å². The van der Waals surface area contributed by atoms with E-state index in [1.165, 1.54) is 32.1 Å². The average molecular weight is 241 g/mol. The molecule has 0 heterocycles. The van der Waals surface area contributed by atoms with Crippen LogP contribution in [0.2, 0.25) is 0 Å². The molecule has 1 N–H and O–H groups in total. The minimum absolute atomic E-state index is 0.0199. The van der Waals surface area contributed by atoms with Crippen LogP contribution in [0.4, 0.5) is 0 Å². The van der Waals surface area contributed by atoms with Crippen LogP contribution in [0.15, 0.2) is 0 Å². The van der Waals surface area contributed by atoms with E-state index in [2.05, 4.69) is 40.1 Å². The van der Waals surface area contributed by atoms with Gasteiger partial charge in [0.05, 0.1) is 12.2 Å². The van der Waals surface area contributed by atoms with Crippen molar-refractivity contribution in [3.8, 4) is 0 Å². The monoisotopic (exact) mass is 241 g/mol. The van der Waals surface area contributed by atoms with Crippen molar-refractivity contribution in [1.29, 1.82) is 0 Å². The number of likely N-dealkylation sites (N-methyl/N-ethyl adjacent to an activating group) is 1. The lowest BCUT2D eigenvalue weighted by molar-refractivity contribution is -0.0252. The molecule has 1 aliphatic rings. The highest BCUT2D eigenvalue weighted by molar-refractivity contribution is 4.82. The van der Waals surface area contributed by atoms with E-state index in [1.54, 1.807) is 0 Å². The summed E-state index contributed by atoms with van der Waals surface area (Å²) in [6, 6.07) is 0.531. The molecule has 0 radical (unpaired) electrons. The molecule has 0 aromatic rings. The van der Waals surface area contributed by atoms with Crippen molar-refractivity contribution in [3.63, 3.8) is 0 Å². The van der Waals surface area contributed by atoms with E-state index in [9.17, 15) is 0 Å². The summed E-state index contributed by atoms with van der Waals surface area (Å²) in [4.78, 5) is 0. The van der Waals surface area contributed by atoms with E-state index in [1.807, 2.05) is 0 Å². The summed E-state index contributed by atoms with van der Waals surface area (Å²) in [6.45, 7) is 9.58. The lowest BCUT2D eigenvalue weighted by Gasteiger charge is -2.35. The fraction of sp³-hybridized carbons (Fsp3) is 1.00. The van der Waals surface area contributed by atoms with Crippen molar-refractivity contribution in [3.05, 3.63) is 0 Å². The fourth-order valence-corrected chi connectivity index (χ4v) is 2.86. The Labute approximate surface area is 108 Å². The minimum Gasteiger partial charge on any atom is -0.374 e. The summed E-state index contributed by atoms with van der Waals surface area (Å²) in [5.74, 6) is 1.75. The molecule has 0 amide bonds. The Morgan fingerprint density at radius 1 is 1.29 bits per heavy atom. The molecule has 0 aromatic heterocycles. The second-order valence-corrected chi connectivity index (χ2v) is 6.52. The van der Waals surface area contributed by atoms with Gasteiger partial charge in [0.15, 0.2) is 0 Å². The molecule has 1 aliphatic carbocycles. The zero-order valence-corrected chi connectivity index (χ0v) is 12.4. The van der Waals surface area contributed by atoms with Crippen LogP contribution >= 0.6 is 0 Å². The van der Waals surface area contributed by atoms with Gasteiger partial charge in [0, 0.05) is 6.04 Å². The Kier molecular flexibility index (Phi) is 5.94. The summed E-state index contributed by atoms with van der Waals surface area (Å²) in [6.07, 6.45) is 6.93. The molecule has 0 aromatic carbocycles. The number of rotatable bonds is 5. The Hall–Kier alpha value is -0.0800. The molecule has 1 rings (SSSR count). The van der Waals surface area contributed by atoms with Crippen molar-refractivity contribution in [2.24, 2.45) is 11.8 Å². The van der Waals surface area contributed by atoms with Crippen LogP contribution in [-0.2, 0) is 4.74 Å². The first kappa shape index (κ1) is 15.0. The normalized spacial score (nSPS) is 28.1. The van der Waals surface area contributed by atoms with Gasteiger partial charge in [-0.3, -0.25) is 0 Å². The van der Waals surface area contributed by atoms with Gasteiger partial charge in [-0.25, -0.2) is 0 Å². The van der Waals surface area contributed by atoms with Gasteiger partial charge in [0.2, 0.25) is 0 Å². The van der Waals surface area contributed by atoms with E-state index in [-0.39, 0.29) is 5.60 Å². The zero-order chi connectivity index (χ0) is 12.9. The molecule has 1 fully saturated rings. The third kappa shape index (κ3) is 5.39. The number of nitrogens with one attached hydrogen (secondary N) is 1. The maximum Gasteiger partial charge on any atom is 0.0629 e. The van der Waals surface area contributed by atoms with Crippen LogP contribution in [0, 0.1) is 11.8 Å². The molecule has 3 atom stereocenters. The van der Waals surface area contributed by atoms with E-state index in [4.69, 9.17) is 4.74 Å². The SMILES string of the molecule is CCC1CCCC(C(COC(C)(C)C)NC)C1. The largest absolute Gasteiger partial charge is 0.374 e. The van der Waals surface area contributed by atoms with Gasteiger partial charge in [-0.05, 0) is 52.5 Å². The van der Waals surface area contributed by atoms with Gasteiger partial charge >= 0.3 is 0 Å². The topological polar surface area (TPSA) is 21.3 Å². The minimum atomic E-state index is -0.0199. The highest BCUT2D eigenvalue weighted by atomic mass is 16.5. The Bertz CT molecular complexity index is 209. The van der Waals surface area contributed by atoms with Gasteiger partial charge in [-0.15, -0.1) is 0 Å². The van der Waals surface area contributed by atoms with Gasteiger partial charge < -0.3 is 10.1 Å². The van der Waals surface area contributed by atoms with Crippen LogP contribution < -0.4 is 5.32 Å². The molecule has 3 unspecified atom stereocenters. The first-order valence-corrected chi connectivity index (χ1v) is 7.27. The van der Waals surface area contributed by atoms with E-state index >= 15 is 0 Å². The van der Waals surface area contributed by atoms with Crippen LogP contribution in [0.3, 0.4) is 0 Å². The number of hydrogen-bond donors (Lipinski definition) is 1. The van der Waals surface area contributed by atoms with Crippen LogP contribution in [0.5, 0.6) is 0 Å².